The maximum absolute atomic E-state index is 6.30. The maximum atomic E-state index is 6.30. The molecule has 2 aromatic rings. The van der Waals surface area contributed by atoms with Crippen LogP contribution in [0.3, 0.4) is 0 Å². The molecule has 1 unspecified atom stereocenters. The van der Waals surface area contributed by atoms with Crippen molar-refractivity contribution in [3.63, 3.8) is 0 Å². The molecule has 0 saturated heterocycles. The first-order chi connectivity index (χ1) is 9.61. The second-order valence-corrected chi connectivity index (χ2v) is 5.96. The number of benzene rings is 2. The fourth-order valence-electron chi connectivity index (χ4n) is 2.60. The van der Waals surface area contributed by atoms with Crippen molar-refractivity contribution in [3.05, 3.63) is 69.7 Å². The van der Waals surface area contributed by atoms with Crippen LogP contribution >= 0.6 is 23.2 Å². The van der Waals surface area contributed by atoms with Gasteiger partial charge in [-0.2, -0.15) is 0 Å². The Morgan fingerprint density at radius 3 is 2.35 bits per heavy atom. The van der Waals surface area contributed by atoms with Gasteiger partial charge >= 0.3 is 0 Å². The normalized spacial score (nSPS) is 14.0. The highest BCUT2D eigenvalue weighted by Crippen LogP contribution is 2.34. The summed E-state index contributed by atoms with van der Waals surface area (Å²) in [4.78, 5) is 0. The highest BCUT2D eigenvalue weighted by atomic mass is 35.5. The minimum Gasteiger partial charge on any atom is -0.330 e. The van der Waals surface area contributed by atoms with Gasteiger partial charge in [-0.25, -0.2) is 0 Å². The molecule has 0 aliphatic heterocycles. The van der Waals surface area contributed by atoms with E-state index in [0.717, 1.165) is 23.4 Å². The molecule has 0 bridgehead atoms. The number of rotatable bonds is 5. The Labute approximate surface area is 130 Å². The van der Waals surface area contributed by atoms with Crippen molar-refractivity contribution >= 4 is 23.2 Å². The van der Waals surface area contributed by atoms with E-state index in [1.165, 1.54) is 5.56 Å². The smallest absolute Gasteiger partial charge is 0.0439 e. The minimum atomic E-state index is -0.102. The van der Waals surface area contributed by atoms with Gasteiger partial charge in [0.05, 0.1) is 0 Å². The fourth-order valence-corrected chi connectivity index (χ4v) is 2.98. The molecule has 3 heteroatoms. The van der Waals surface area contributed by atoms with E-state index in [9.17, 15) is 0 Å². The van der Waals surface area contributed by atoms with Crippen LogP contribution in [0.15, 0.2) is 48.5 Å². The molecule has 0 heterocycles. The molecule has 1 atom stereocenters. The van der Waals surface area contributed by atoms with Crippen molar-refractivity contribution in [1.82, 2.24) is 0 Å². The summed E-state index contributed by atoms with van der Waals surface area (Å²) >= 11 is 12.4. The summed E-state index contributed by atoms with van der Waals surface area (Å²) in [5, 5.41) is 1.45. The summed E-state index contributed by atoms with van der Waals surface area (Å²) < 4.78 is 0. The molecule has 0 spiro atoms. The van der Waals surface area contributed by atoms with E-state index in [4.69, 9.17) is 28.9 Å². The predicted octanol–water partition coefficient (Wildman–Crippen LogP) is 4.84. The van der Waals surface area contributed by atoms with E-state index in [-0.39, 0.29) is 5.41 Å². The van der Waals surface area contributed by atoms with Gasteiger partial charge in [-0.15, -0.1) is 0 Å². The average molecular weight is 308 g/mol. The van der Waals surface area contributed by atoms with Crippen LogP contribution in [-0.2, 0) is 11.8 Å². The van der Waals surface area contributed by atoms with E-state index in [0.29, 0.717) is 11.6 Å². The molecule has 0 aromatic heterocycles. The monoisotopic (exact) mass is 307 g/mol. The van der Waals surface area contributed by atoms with Gasteiger partial charge in [-0.05, 0) is 42.2 Å². The third-order valence-electron chi connectivity index (χ3n) is 3.99. The Morgan fingerprint density at radius 1 is 1.05 bits per heavy atom. The van der Waals surface area contributed by atoms with Crippen LogP contribution in [0.2, 0.25) is 10.0 Å². The van der Waals surface area contributed by atoms with Crippen LogP contribution in [-0.4, -0.2) is 6.54 Å². The van der Waals surface area contributed by atoms with E-state index in [2.05, 4.69) is 31.2 Å². The molecule has 0 fully saturated rings. The lowest BCUT2D eigenvalue weighted by atomic mass is 9.73. The SMILES string of the molecule is CCC(CN)(Cc1cc(Cl)ccc1Cl)c1ccccc1. The highest BCUT2D eigenvalue weighted by molar-refractivity contribution is 6.33. The van der Waals surface area contributed by atoms with Crippen molar-refractivity contribution in [1.29, 1.82) is 0 Å². The second-order valence-electron chi connectivity index (χ2n) is 5.12. The van der Waals surface area contributed by atoms with Crippen molar-refractivity contribution in [2.45, 2.75) is 25.2 Å². The van der Waals surface area contributed by atoms with Gasteiger partial charge < -0.3 is 5.73 Å². The zero-order chi connectivity index (χ0) is 14.6. The molecule has 1 nitrogen and oxygen atoms in total. The van der Waals surface area contributed by atoms with Crippen LogP contribution in [0, 0.1) is 0 Å². The fraction of sp³-hybridized carbons (Fsp3) is 0.294. The third-order valence-corrected chi connectivity index (χ3v) is 4.59. The van der Waals surface area contributed by atoms with Gasteiger partial charge in [0, 0.05) is 22.0 Å². The molecule has 0 aliphatic carbocycles. The summed E-state index contributed by atoms with van der Waals surface area (Å²) in [6.45, 7) is 2.74. The number of nitrogens with two attached hydrogens (primary N) is 1. The summed E-state index contributed by atoms with van der Waals surface area (Å²) in [6, 6.07) is 16.0. The third kappa shape index (κ3) is 3.17. The van der Waals surface area contributed by atoms with Crippen LogP contribution in [0.5, 0.6) is 0 Å². The van der Waals surface area contributed by atoms with Gasteiger partial charge in [0.2, 0.25) is 0 Å². The Bertz CT molecular complexity index is 562. The zero-order valence-corrected chi connectivity index (χ0v) is 13.1. The first kappa shape index (κ1) is 15.4. The molecule has 0 aliphatic rings. The molecule has 2 rings (SSSR count). The van der Waals surface area contributed by atoms with Gasteiger partial charge in [0.1, 0.15) is 0 Å². The van der Waals surface area contributed by atoms with Gasteiger partial charge in [-0.3, -0.25) is 0 Å². The van der Waals surface area contributed by atoms with Crippen molar-refractivity contribution in [2.75, 3.05) is 6.54 Å². The topological polar surface area (TPSA) is 26.0 Å². The lowest BCUT2D eigenvalue weighted by Gasteiger charge is -2.32. The first-order valence-electron chi connectivity index (χ1n) is 6.81. The number of hydrogen-bond acceptors (Lipinski definition) is 1. The summed E-state index contributed by atoms with van der Waals surface area (Å²) in [5.41, 5.74) is 8.31. The molecular formula is C17H19Cl2N. The molecule has 2 aromatic carbocycles. The van der Waals surface area contributed by atoms with Crippen molar-refractivity contribution in [2.24, 2.45) is 5.73 Å². The Kier molecular flexibility index (Phi) is 5.09. The van der Waals surface area contributed by atoms with E-state index in [1.54, 1.807) is 0 Å². The molecular weight excluding hydrogens is 289 g/mol. The summed E-state index contributed by atoms with van der Waals surface area (Å²) in [6.07, 6.45) is 1.75. The Hall–Kier alpha value is -1.02. The minimum absolute atomic E-state index is 0.102. The molecule has 0 amide bonds. The van der Waals surface area contributed by atoms with Crippen LogP contribution < -0.4 is 5.73 Å². The van der Waals surface area contributed by atoms with Gasteiger partial charge in [-0.1, -0.05) is 60.5 Å². The highest BCUT2D eigenvalue weighted by Gasteiger charge is 2.29. The molecule has 0 saturated carbocycles. The zero-order valence-electron chi connectivity index (χ0n) is 11.6. The molecule has 106 valence electrons. The van der Waals surface area contributed by atoms with Crippen molar-refractivity contribution < 1.29 is 0 Å². The molecule has 0 radical (unpaired) electrons. The second kappa shape index (κ2) is 6.62. The van der Waals surface area contributed by atoms with Crippen LogP contribution in [0.4, 0.5) is 0 Å². The first-order valence-corrected chi connectivity index (χ1v) is 7.56. The predicted molar refractivity (Wildman–Crippen MR) is 87.6 cm³/mol. The molecule has 2 N–H and O–H groups in total. The van der Waals surface area contributed by atoms with E-state index in [1.807, 2.05) is 24.3 Å². The lowest BCUT2D eigenvalue weighted by Crippen LogP contribution is -2.36. The quantitative estimate of drug-likeness (QED) is 0.840. The van der Waals surface area contributed by atoms with Gasteiger partial charge in [0.15, 0.2) is 0 Å². The Morgan fingerprint density at radius 2 is 1.75 bits per heavy atom. The van der Waals surface area contributed by atoms with E-state index < -0.39 is 0 Å². The maximum Gasteiger partial charge on any atom is 0.0439 e. The summed E-state index contributed by atoms with van der Waals surface area (Å²) in [5.74, 6) is 0. The number of halogens is 2. The van der Waals surface area contributed by atoms with E-state index >= 15 is 0 Å². The number of hydrogen-bond donors (Lipinski definition) is 1. The van der Waals surface area contributed by atoms with Crippen LogP contribution in [0.1, 0.15) is 24.5 Å². The summed E-state index contributed by atoms with van der Waals surface area (Å²) in [7, 11) is 0. The Balaban J connectivity index is 2.42. The lowest BCUT2D eigenvalue weighted by molar-refractivity contribution is 0.418. The van der Waals surface area contributed by atoms with Crippen molar-refractivity contribution in [3.8, 4) is 0 Å². The van der Waals surface area contributed by atoms with Crippen LogP contribution in [0.25, 0.3) is 0 Å². The average Bonchev–Trinajstić information content (AvgIpc) is 2.49. The molecule has 20 heavy (non-hydrogen) atoms. The standard InChI is InChI=1S/C17H19Cl2N/c1-2-17(12-20,14-6-4-3-5-7-14)11-13-10-15(18)8-9-16(13)19/h3-10H,2,11-12,20H2,1H3. The largest absolute Gasteiger partial charge is 0.330 e. The van der Waals surface area contributed by atoms with Gasteiger partial charge in [0.25, 0.3) is 0 Å².